The topological polar surface area (TPSA) is 128 Å². The Labute approximate surface area is 158 Å². The SMILES string of the molecule is COc1c(OC)c(OC)c2c(=O)c(OC)c(-c3cccc(O)c3O)oc2c1O. The minimum absolute atomic E-state index is 0.00249. The van der Waals surface area contributed by atoms with Gasteiger partial charge in [-0.25, -0.2) is 0 Å². The minimum Gasteiger partial charge on any atom is -0.504 e. The first-order chi connectivity index (χ1) is 13.4. The molecular weight excluding hydrogens is 372 g/mol. The van der Waals surface area contributed by atoms with Gasteiger partial charge in [-0.2, -0.15) is 0 Å². The second kappa shape index (κ2) is 7.10. The number of fused-ring (bicyclic) bond motifs is 1. The molecule has 0 saturated carbocycles. The highest BCUT2D eigenvalue weighted by Gasteiger charge is 2.30. The van der Waals surface area contributed by atoms with Crippen LogP contribution in [0.4, 0.5) is 0 Å². The van der Waals surface area contributed by atoms with Gasteiger partial charge in [-0.05, 0) is 12.1 Å². The van der Waals surface area contributed by atoms with Crippen molar-refractivity contribution in [1.29, 1.82) is 0 Å². The van der Waals surface area contributed by atoms with Gasteiger partial charge in [0.15, 0.2) is 28.6 Å². The van der Waals surface area contributed by atoms with E-state index in [-0.39, 0.29) is 45.3 Å². The first-order valence-corrected chi connectivity index (χ1v) is 7.98. The number of benzene rings is 2. The van der Waals surface area contributed by atoms with E-state index in [0.717, 1.165) is 0 Å². The summed E-state index contributed by atoms with van der Waals surface area (Å²) in [4.78, 5) is 13.1. The van der Waals surface area contributed by atoms with Gasteiger partial charge in [0, 0.05) is 0 Å². The molecule has 0 atom stereocenters. The van der Waals surface area contributed by atoms with Crippen LogP contribution in [0, 0.1) is 0 Å². The molecule has 0 radical (unpaired) electrons. The number of rotatable bonds is 5. The van der Waals surface area contributed by atoms with Gasteiger partial charge >= 0.3 is 0 Å². The summed E-state index contributed by atoms with van der Waals surface area (Å²) in [5, 5.41) is 30.4. The summed E-state index contributed by atoms with van der Waals surface area (Å²) in [6, 6.07) is 4.12. The Bertz CT molecular complexity index is 1120. The van der Waals surface area contributed by atoms with E-state index in [4.69, 9.17) is 23.4 Å². The third-order valence-electron chi connectivity index (χ3n) is 4.22. The Morgan fingerprint density at radius 3 is 1.96 bits per heavy atom. The quantitative estimate of drug-likeness (QED) is 0.563. The highest BCUT2D eigenvalue weighted by molar-refractivity contribution is 5.96. The van der Waals surface area contributed by atoms with Crippen molar-refractivity contribution in [1.82, 2.24) is 0 Å². The Morgan fingerprint density at radius 2 is 1.39 bits per heavy atom. The zero-order valence-corrected chi connectivity index (χ0v) is 15.5. The Balaban J connectivity index is 2.56. The van der Waals surface area contributed by atoms with Crippen LogP contribution < -0.4 is 24.4 Å². The second-order valence-corrected chi connectivity index (χ2v) is 5.62. The third kappa shape index (κ3) is 2.59. The van der Waals surface area contributed by atoms with Crippen LogP contribution in [0.25, 0.3) is 22.3 Å². The molecular formula is C19H18O9. The normalized spacial score (nSPS) is 10.7. The molecule has 0 bridgehead atoms. The van der Waals surface area contributed by atoms with Gasteiger partial charge in [0.25, 0.3) is 0 Å². The number of ether oxygens (including phenoxy) is 4. The number of aromatic hydroxyl groups is 3. The number of para-hydroxylation sites is 1. The van der Waals surface area contributed by atoms with E-state index >= 15 is 0 Å². The smallest absolute Gasteiger partial charge is 0.239 e. The number of hydrogen-bond acceptors (Lipinski definition) is 9. The van der Waals surface area contributed by atoms with Crippen molar-refractivity contribution in [2.75, 3.05) is 28.4 Å². The van der Waals surface area contributed by atoms with Crippen LogP contribution in [0.3, 0.4) is 0 Å². The molecule has 0 saturated heterocycles. The molecule has 0 aliphatic carbocycles. The van der Waals surface area contributed by atoms with Crippen molar-refractivity contribution in [3.63, 3.8) is 0 Å². The van der Waals surface area contributed by atoms with Gasteiger partial charge in [-0.1, -0.05) is 6.07 Å². The van der Waals surface area contributed by atoms with E-state index in [1.165, 1.54) is 46.6 Å². The molecule has 1 heterocycles. The molecule has 9 nitrogen and oxygen atoms in total. The molecule has 3 aromatic rings. The molecule has 148 valence electrons. The summed E-state index contributed by atoms with van der Waals surface area (Å²) in [6.45, 7) is 0. The van der Waals surface area contributed by atoms with Crippen molar-refractivity contribution in [2.45, 2.75) is 0 Å². The van der Waals surface area contributed by atoms with Gasteiger partial charge in [0.05, 0.1) is 34.0 Å². The summed E-state index contributed by atoms with van der Waals surface area (Å²) >= 11 is 0. The van der Waals surface area contributed by atoms with Crippen molar-refractivity contribution >= 4 is 11.0 Å². The summed E-state index contributed by atoms with van der Waals surface area (Å²) < 4.78 is 26.6. The van der Waals surface area contributed by atoms with Crippen LogP contribution >= 0.6 is 0 Å². The van der Waals surface area contributed by atoms with Crippen molar-refractivity contribution < 1.29 is 38.7 Å². The van der Waals surface area contributed by atoms with E-state index in [1.54, 1.807) is 0 Å². The van der Waals surface area contributed by atoms with Gasteiger partial charge in [-0.3, -0.25) is 4.79 Å². The van der Waals surface area contributed by atoms with Crippen molar-refractivity contribution in [3.05, 3.63) is 28.4 Å². The number of phenols is 3. The van der Waals surface area contributed by atoms with Gasteiger partial charge in [0.2, 0.25) is 28.4 Å². The molecule has 3 rings (SSSR count). The largest absolute Gasteiger partial charge is 0.504 e. The lowest BCUT2D eigenvalue weighted by molar-refractivity contribution is 0.311. The predicted molar refractivity (Wildman–Crippen MR) is 99.1 cm³/mol. The highest BCUT2D eigenvalue weighted by atomic mass is 16.5. The fraction of sp³-hybridized carbons (Fsp3) is 0.211. The van der Waals surface area contributed by atoms with E-state index < -0.39 is 22.7 Å². The fourth-order valence-corrected chi connectivity index (χ4v) is 2.97. The molecule has 28 heavy (non-hydrogen) atoms. The van der Waals surface area contributed by atoms with Crippen LogP contribution in [-0.4, -0.2) is 43.8 Å². The average Bonchev–Trinajstić information content (AvgIpc) is 2.69. The number of methoxy groups -OCH3 is 4. The molecule has 0 aliphatic heterocycles. The average molecular weight is 390 g/mol. The highest BCUT2D eigenvalue weighted by Crippen LogP contribution is 2.51. The van der Waals surface area contributed by atoms with Gasteiger partial charge in [0.1, 0.15) is 5.39 Å². The molecule has 9 heteroatoms. The summed E-state index contributed by atoms with van der Waals surface area (Å²) in [6.07, 6.45) is 0. The zero-order valence-electron chi connectivity index (χ0n) is 15.5. The van der Waals surface area contributed by atoms with E-state index in [0.29, 0.717) is 0 Å². The first-order valence-electron chi connectivity index (χ1n) is 7.98. The molecule has 0 spiro atoms. The van der Waals surface area contributed by atoms with Crippen LogP contribution in [0.2, 0.25) is 0 Å². The van der Waals surface area contributed by atoms with Crippen LogP contribution in [0.1, 0.15) is 0 Å². The maximum Gasteiger partial charge on any atom is 0.239 e. The van der Waals surface area contributed by atoms with E-state index in [1.807, 2.05) is 0 Å². The van der Waals surface area contributed by atoms with Crippen LogP contribution in [0.15, 0.2) is 27.4 Å². The maximum atomic E-state index is 13.1. The molecule has 3 N–H and O–H groups in total. The van der Waals surface area contributed by atoms with Crippen molar-refractivity contribution in [3.8, 4) is 51.6 Å². The van der Waals surface area contributed by atoms with E-state index in [2.05, 4.69) is 0 Å². The predicted octanol–water partition coefficient (Wildman–Crippen LogP) is 2.61. The van der Waals surface area contributed by atoms with E-state index in [9.17, 15) is 20.1 Å². The summed E-state index contributed by atoms with van der Waals surface area (Å²) in [5.74, 6) is -2.03. The Hall–Kier alpha value is -3.75. The lowest BCUT2D eigenvalue weighted by Gasteiger charge is -2.17. The lowest BCUT2D eigenvalue weighted by Crippen LogP contribution is -2.10. The van der Waals surface area contributed by atoms with Crippen molar-refractivity contribution in [2.24, 2.45) is 0 Å². The van der Waals surface area contributed by atoms with Crippen LogP contribution in [0.5, 0.6) is 40.2 Å². The number of phenolic OH excluding ortho intramolecular Hbond substituents is 3. The Morgan fingerprint density at radius 1 is 0.786 bits per heavy atom. The maximum absolute atomic E-state index is 13.1. The first kappa shape index (κ1) is 19.0. The summed E-state index contributed by atoms with van der Waals surface area (Å²) in [7, 11) is 5.18. The Kier molecular flexibility index (Phi) is 4.83. The molecule has 0 amide bonds. The van der Waals surface area contributed by atoms with Gasteiger partial charge in [-0.15, -0.1) is 0 Å². The van der Waals surface area contributed by atoms with Gasteiger partial charge < -0.3 is 38.7 Å². The minimum atomic E-state index is -0.686. The fourth-order valence-electron chi connectivity index (χ4n) is 2.97. The zero-order chi connectivity index (χ0) is 20.6. The standard InChI is InChI=1S/C19H18O9/c1-24-16-10-12(22)17(25-2)14(8-6-5-7-9(20)11(8)21)28-15(10)13(23)18(26-3)19(16)27-4/h5-7,20-21,23H,1-4H3. The monoisotopic (exact) mass is 390 g/mol. The lowest BCUT2D eigenvalue weighted by atomic mass is 10.1. The molecule has 0 unspecified atom stereocenters. The molecule has 2 aromatic carbocycles. The number of hydrogen-bond donors (Lipinski definition) is 3. The molecule has 1 aromatic heterocycles. The third-order valence-corrected chi connectivity index (χ3v) is 4.22. The summed E-state index contributed by atoms with van der Waals surface area (Å²) in [5.41, 5.74) is -0.961. The second-order valence-electron chi connectivity index (χ2n) is 5.62. The van der Waals surface area contributed by atoms with Crippen LogP contribution in [-0.2, 0) is 0 Å². The molecule has 0 fully saturated rings. The molecule has 0 aliphatic rings.